The number of carbonyl (C=O) groups excluding carboxylic acids is 4. The highest BCUT2D eigenvalue weighted by atomic mass is 16.6. The predicted octanol–water partition coefficient (Wildman–Crippen LogP) is 1.79. The van der Waals surface area contributed by atoms with Crippen LogP contribution in [0.15, 0.2) is 41.5 Å². The highest BCUT2D eigenvalue weighted by Gasteiger charge is 2.50. The Morgan fingerprint density at radius 1 is 1.03 bits per heavy atom. The molecular weight excluding hydrogens is 462 g/mol. The van der Waals surface area contributed by atoms with Crippen LogP contribution in [-0.2, 0) is 33.3 Å². The van der Waals surface area contributed by atoms with E-state index in [2.05, 4.69) is 20.3 Å². The van der Waals surface area contributed by atoms with Crippen molar-refractivity contribution < 1.29 is 38.1 Å². The highest BCUT2D eigenvalue weighted by Crippen LogP contribution is 2.28. The molecule has 5 atom stereocenters. The Bertz CT molecular complexity index is 1180. The summed E-state index contributed by atoms with van der Waals surface area (Å²) in [5, 5.41) is 6.99. The third kappa shape index (κ3) is 6.43. The number of nitrogens with zero attached hydrogens (tertiary/aromatic N) is 4. The molecule has 1 aromatic carbocycles. The van der Waals surface area contributed by atoms with Crippen LogP contribution in [0.1, 0.15) is 31.3 Å². The van der Waals surface area contributed by atoms with Crippen LogP contribution < -0.4 is 5.32 Å². The van der Waals surface area contributed by atoms with Crippen LogP contribution in [0.3, 0.4) is 0 Å². The lowest BCUT2D eigenvalue weighted by atomic mass is 9.95. The number of pyridine rings is 1. The summed E-state index contributed by atoms with van der Waals surface area (Å²) in [5.74, 6) is -2.83. The molecule has 1 saturated heterocycles. The molecule has 1 aliphatic rings. The monoisotopic (exact) mass is 485 g/mol. The zero-order chi connectivity index (χ0) is 25.5. The van der Waals surface area contributed by atoms with Crippen LogP contribution in [0.4, 0.5) is 0 Å². The largest absolute Gasteiger partial charge is 0.463 e. The van der Waals surface area contributed by atoms with Crippen LogP contribution in [0.5, 0.6) is 0 Å². The summed E-state index contributed by atoms with van der Waals surface area (Å²) in [6.45, 7) is 3.01. The number of para-hydroxylation sites is 1. The molecule has 1 fully saturated rings. The summed E-state index contributed by atoms with van der Waals surface area (Å²) in [4.78, 5) is 55.2. The van der Waals surface area contributed by atoms with E-state index in [1.165, 1.54) is 6.07 Å². The summed E-state index contributed by atoms with van der Waals surface area (Å²) in [7, 11) is 0. The van der Waals surface area contributed by atoms with E-state index in [9.17, 15) is 19.2 Å². The third-order valence-electron chi connectivity index (χ3n) is 5.01. The van der Waals surface area contributed by atoms with E-state index in [4.69, 9.17) is 24.5 Å². The van der Waals surface area contributed by atoms with E-state index < -0.39 is 61.0 Å². The maximum atomic E-state index is 13.1. The average Bonchev–Trinajstić information content (AvgIpc) is 2.80. The molecule has 3 rings (SSSR count). The van der Waals surface area contributed by atoms with Crippen LogP contribution in [0.2, 0.25) is 0 Å². The standard InChI is InChI=1S/C22H23N5O8/c1-11(28)32-10-17-19(33-12(2)29)20(34-13(3)30)18(22(35-17)26-27-23)25-21(31)16-9-8-14-6-4-5-7-15(14)24-16/h4-9,17-20,22H,10H2,1-3H3,(H,25,31)/t17-,18-,19-,20-,22+/m1/s1. The van der Waals surface area contributed by atoms with Gasteiger partial charge < -0.3 is 24.3 Å². The molecular formula is C22H23N5O8. The molecule has 0 radical (unpaired) electrons. The Morgan fingerprint density at radius 3 is 2.37 bits per heavy atom. The number of benzene rings is 1. The lowest BCUT2D eigenvalue weighted by Crippen LogP contribution is -2.65. The fraction of sp³-hybridized carbons (Fsp3) is 0.409. The summed E-state index contributed by atoms with van der Waals surface area (Å²) < 4.78 is 21.4. The van der Waals surface area contributed by atoms with Gasteiger partial charge in [0.05, 0.1) is 5.52 Å². The Morgan fingerprint density at radius 2 is 1.71 bits per heavy atom. The zero-order valence-corrected chi connectivity index (χ0v) is 19.1. The van der Waals surface area contributed by atoms with Crippen LogP contribution in [0.25, 0.3) is 21.3 Å². The molecule has 2 heterocycles. The van der Waals surface area contributed by atoms with E-state index in [0.29, 0.717) is 5.52 Å². The minimum atomic E-state index is -1.40. The molecule has 13 heteroatoms. The number of aromatic nitrogens is 1. The number of carbonyl (C=O) groups is 4. The van der Waals surface area contributed by atoms with E-state index in [1.807, 2.05) is 12.1 Å². The van der Waals surface area contributed by atoms with Gasteiger partial charge in [0.15, 0.2) is 18.4 Å². The summed E-state index contributed by atoms with van der Waals surface area (Å²) in [6, 6.07) is 9.11. The van der Waals surface area contributed by atoms with E-state index in [1.54, 1.807) is 18.2 Å². The summed E-state index contributed by atoms with van der Waals surface area (Å²) in [5.41, 5.74) is 9.67. The van der Waals surface area contributed by atoms with Gasteiger partial charge >= 0.3 is 17.9 Å². The Balaban J connectivity index is 1.97. The van der Waals surface area contributed by atoms with Crippen molar-refractivity contribution in [2.24, 2.45) is 5.11 Å². The molecule has 13 nitrogen and oxygen atoms in total. The first kappa shape index (κ1) is 25.4. The molecule has 0 aliphatic carbocycles. The number of hydrogen-bond acceptors (Lipinski definition) is 10. The molecule has 1 N–H and O–H groups in total. The van der Waals surface area contributed by atoms with E-state index in [0.717, 1.165) is 26.2 Å². The number of fused-ring (bicyclic) bond motifs is 1. The number of amides is 1. The second-order valence-corrected chi connectivity index (χ2v) is 7.61. The number of nitrogens with one attached hydrogen (secondary N) is 1. The predicted molar refractivity (Wildman–Crippen MR) is 119 cm³/mol. The van der Waals surface area contributed by atoms with E-state index in [-0.39, 0.29) is 5.69 Å². The Hall–Kier alpha value is -4.22. The molecule has 1 aliphatic heterocycles. The van der Waals surface area contributed by atoms with Crippen molar-refractivity contribution in [1.82, 2.24) is 10.3 Å². The van der Waals surface area contributed by atoms with Crippen molar-refractivity contribution >= 4 is 34.7 Å². The van der Waals surface area contributed by atoms with Crippen molar-refractivity contribution in [3.05, 3.63) is 52.5 Å². The molecule has 0 bridgehead atoms. The molecule has 2 aromatic rings. The zero-order valence-electron chi connectivity index (χ0n) is 19.1. The molecule has 0 saturated carbocycles. The lowest BCUT2D eigenvalue weighted by molar-refractivity contribution is -0.221. The second kappa shape index (κ2) is 11.3. The van der Waals surface area contributed by atoms with Gasteiger partial charge in [-0.05, 0) is 17.7 Å². The normalized spacial score (nSPS) is 23.5. The van der Waals surface area contributed by atoms with Crippen LogP contribution in [0, 0.1) is 0 Å². The molecule has 0 unspecified atom stereocenters. The van der Waals surface area contributed by atoms with Crippen molar-refractivity contribution in [2.45, 2.75) is 51.4 Å². The van der Waals surface area contributed by atoms with Gasteiger partial charge in [-0.15, -0.1) is 0 Å². The van der Waals surface area contributed by atoms with Gasteiger partial charge in [-0.3, -0.25) is 19.2 Å². The first-order valence-corrected chi connectivity index (χ1v) is 10.5. The van der Waals surface area contributed by atoms with Crippen molar-refractivity contribution in [2.75, 3.05) is 6.61 Å². The number of ether oxygens (including phenoxy) is 4. The van der Waals surface area contributed by atoms with Gasteiger partial charge in [0.2, 0.25) is 0 Å². The number of azide groups is 1. The SMILES string of the molecule is CC(=O)OC[C@H]1O[C@H](N=[N+]=[N-])[C@H](NC(=O)c2ccc3ccccc3n2)[C@@H](OC(C)=O)[C@@H]1OC(C)=O. The van der Waals surface area contributed by atoms with Gasteiger partial charge in [-0.25, -0.2) is 4.98 Å². The Kier molecular flexibility index (Phi) is 8.18. The fourth-order valence-corrected chi connectivity index (χ4v) is 3.64. The Labute approximate surface area is 199 Å². The van der Waals surface area contributed by atoms with Crippen molar-refractivity contribution in [3.8, 4) is 0 Å². The lowest BCUT2D eigenvalue weighted by Gasteiger charge is -2.43. The minimum Gasteiger partial charge on any atom is -0.463 e. The molecule has 184 valence electrons. The fourth-order valence-electron chi connectivity index (χ4n) is 3.64. The first-order chi connectivity index (χ1) is 16.7. The second-order valence-electron chi connectivity index (χ2n) is 7.61. The van der Waals surface area contributed by atoms with Crippen molar-refractivity contribution in [1.29, 1.82) is 0 Å². The molecule has 1 aromatic heterocycles. The summed E-state index contributed by atoms with van der Waals surface area (Å²) >= 11 is 0. The molecule has 0 spiro atoms. The number of esters is 3. The van der Waals surface area contributed by atoms with Gasteiger partial charge in [-0.2, -0.15) is 0 Å². The molecule has 1 amide bonds. The topological polar surface area (TPSA) is 179 Å². The van der Waals surface area contributed by atoms with E-state index >= 15 is 0 Å². The van der Waals surface area contributed by atoms with Crippen LogP contribution >= 0.6 is 0 Å². The maximum absolute atomic E-state index is 13.1. The third-order valence-corrected chi connectivity index (χ3v) is 5.01. The summed E-state index contributed by atoms with van der Waals surface area (Å²) in [6.07, 6.45) is -5.20. The van der Waals surface area contributed by atoms with Gasteiger partial charge in [-0.1, -0.05) is 29.4 Å². The first-order valence-electron chi connectivity index (χ1n) is 10.5. The quantitative estimate of drug-likeness (QED) is 0.201. The minimum absolute atomic E-state index is 0.0380. The van der Waals surface area contributed by atoms with Crippen molar-refractivity contribution in [3.63, 3.8) is 0 Å². The average molecular weight is 485 g/mol. The van der Waals surface area contributed by atoms with Gasteiger partial charge in [0.1, 0.15) is 24.4 Å². The number of hydrogen-bond donors (Lipinski definition) is 1. The number of rotatable bonds is 7. The van der Waals surface area contributed by atoms with Gasteiger partial charge in [0, 0.05) is 31.1 Å². The highest BCUT2D eigenvalue weighted by molar-refractivity contribution is 5.95. The smallest absolute Gasteiger partial charge is 0.303 e. The van der Waals surface area contributed by atoms with Gasteiger partial charge in [0.25, 0.3) is 5.91 Å². The maximum Gasteiger partial charge on any atom is 0.303 e. The van der Waals surface area contributed by atoms with Crippen LogP contribution in [-0.4, -0.2) is 66.0 Å². The molecule has 35 heavy (non-hydrogen) atoms.